The third-order valence-corrected chi connectivity index (χ3v) is 15.9. The number of hydrogen-bond donors (Lipinski definition) is 0. The lowest BCUT2D eigenvalue weighted by atomic mass is 10.4. The van der Waals surface area contributed by atoms with Gasteiger partial charge in [0.05, 0.1) is 0 Å². The van der Waals surface area contributed by atoms with E-state index < -0.39 is 24.2 Å². The molecule has 0 atom stereocenters. The van der Waals surface area contributed by atoms with E-state index in [2.05, 4.69) is 94.6 Å². The fourth-order valence-electron chi connectivity index (χ4n) is 2.81. The van der Waals surface area contributed by atoms with Crippen LogP contribution in [0.2, 0.25) is 44.3 Å². The van der Waals surface area contributed by atoms with Crippen LogP contribution in [-0.4, -0.2) is 24.2 Å². The van der Waals surface area contributed by atoms with E-state index in [9.17, 15) is 0 Å². The summed E-state index contributed by atoms with van der Waals surface area (Å²) in [7, 11) is -4.46. The predicted molar refractivity (Wildman–Crippen MR) is 116 cm³/mol. The van der Waals surface area contributed by atoms with Gasteiger partial charge in [-0.05, 0) is 23.3 Å². The van der Waals surface area contributed by atoms with Crippen LogP contribution in [0.3, 0.4) is 0 Å². The molecule has 23 heavy (non-hydrogen) atoms. The highest BCUT2D eigenvalue weighted by molar-refractivity contribution is 6.98. The second-order valence-corrected chi connectivity index (χ2v) is 21.2. The van der Waals surface area contributed by atoms with Crippen molar-refractivity contribution in [2.24, 2.45) is 0 Å². The first-order valence-corrected chi connectivity index (χ1v) is 17.6. The zero-order valence-corrected chi connectivity index (χ0v) is 19.2. The Morgan fingerprint density at radius 3 is 1.65 bits per heavy atom. The summed E-state index contributed by atoms with van der Waals surface area (Å²) in [6.07, 6.45) is 0. The fraction of sp³-hybridized carbons (Fsp3) is 0.500. The van der Waals surface area contributed by atoms with Crippen LogP contribution in [0, 0.1) is 11.1 Å². The molecule has 0 aliphatic heterocycles. The van der Waals surface area contributed by atoms with Gasteiger partial charge in [-0.2, -0.15) is 0 Å². The van der Waals surface area contributed by atoms with Crippen LogP contribution in [0.25, 0.3) is 0 Å². The van der Waals surface area contributed by atoms with Gasteiger partial charge in [-0.15, -0.1) is 17.7 Å². The van der Waals surface area contributed by atoms with Crippen molar-refractivity contribution >= 4 is 34.6 Å². The van der Waals surface area contributed by atoms with Crippen molar-refractivity contribution in [2.45, 2.75) is 65.1 Å². The molecule has 0 heterocycles. The number of hydrogen-bond acceptors (Lipinski definition) is 0. The van der Waals surface area contributed by atoms with Gasteiger partial charge in [0.1, 0.15) is 16.1 Å². The minimum atomic E-state index is -1.67. The van der Waals surface area contributed by atoms with Crippen molar-refractivity contribution in [3.63, 3.8) is 0 Å². The molecule has 0 radical (unpaired) electrons. The summed E-state index contributed by atoms with van der Waals surface area (Å²) >= 11 is 0. The lowest BCUT2D eigenvalue weighted by molar-refractivity contribution is 1.20. The highest BCUT2D eigenvalue weighted by Crippen LogP contribution is 2.19. The summed E-state index contributed by atoms with van der Waals surface area (Å²) in [6, 6.07) is 13.2. The molecule has 126 valence electrons. The first kappa shape index (κ1) is 20.2. The first-order valence-electron chi connectivity index (χ1n) is 8.95. The molecule has 0 N–H and O–H groups in total. The van der Waals surface area contributed by atoms with Gasteiger partial charge in [-0.1, -0.05) is 82.1 Å². The van der Waals surface area contributed by atoms with Crippen LogP contribution in [-0.2, 0) is 0 Å². The van der Waals surface area contributed by atoms with Gasteiger partial charge in [0.15, 0.2) is 8.07 Å². The van der Waals surface area contributed by atoms with Crippen LogP contribution in [0.15, 0.2) is 36.5 Å². The predicted octanol–water partition coefficient (Wildman–Crippen LogP) is 4.83. The van der Waals surface area contributed by atoms with E-state index >= 15 is 0 Å². The van der Waals surface area contributed by atoms with Crippen molar-refractivity contribution in [1.82, 2.24) is 0 Å². The van der Waals surface area contributed by atoms with E-state index in [0.29, 0.717) is 0 Å². The molecule has 1 rings (SSSR count). The van der Waals surface area contributed by atoms with Crippen LogP contribution in [0.5, 0.6) is 0 Å². The summed E-state index contributed by atoms with van der Waals surface area (Å²) in [5.41, 5.74) is 9.76. The molecule has 3 heteroatoms. The topological polar surface area (TPSA) is 0 Å². The molecule has 0 saturated heterocycles. The van der Waals surface area contributed by atoms with Gasteiger partial charge in [-0.3, -0.25) is 0 Å². The monoisotopic (exact) mass is 358 g/mol. The molecule has 0 saturated carbocycles. The Balaban J connectivity index is 3.13. The minimum Gasteiger partial charge on any atom is -0.138 e. The van der Waals surface area contributed by atoms with E-state index in [4.69, 9.17) is 0 Å². The Bertz CT molecular complexity index is 573. The van der Waals surface area contributed by atoms with Crippen LogP contribution < -0.4 is 10.4 Å². The largest absolute Gasteiger partial charge is 0.161 e. The van der Waals surface area contributed by atoms with Gasteiger partial charge in [0.25, 0.3) is 0 Å². The normalized spacial score (nSPS) is 12.5. The van der Waals surface area contributed by atoms with Gasteiger partial charge in [-0.25, -0.2) is 0 Å². The van der Waals surface area contributed by atoms with Crippen molar-refractivity contribution in [2.75, 3.05) is 0 Å². The van der Waals surface area contributed by atoms with Gasteiger partial charge in [0.2, 0.25) is 0 Å². The lowest BCUT2D eigenvalue weighted by Crippen LogP contribution is -2.44. The quantitative estimate of drug-likeness (QED) is 0.504. The molecule has 0 unspecified atom stereocenters. The number of benzene rings is 1. The summed E-state index contributed by atoms with van der Waals surface area (Å²) in [4.78, 5) is 0. The molecular formula is C20H34Si3. The zero-order valence-electron chi connectivity index (χ0n) is 16.2. The molecule has 1 aromatic carbocycles. The average molecular weight is 359 g/mol. The van der Waals surface area contributed by atoms with Crippen LogP contribution in [0.1, 0.15) is 20.8 Å². The Labute approximate surface area is 147 Å². The summed E-state index contributed by atoms with van der Waals surface area (Å²) in [5.74, 6) is 0. The zero-order chi connectivity index (χ0) is 17.7. The molecule has 0 amide bonds. The SMILES string of the molecule is C=C[Si](C)(C)c1ccc([Si](C)(C)C#C[Si](CC)(CC)CC)cc1. The molecule has 0 bridgehead atoms. The molecule has 1 aromatic rings. The van der Waals surface area contributed by atoms with Crippen LogP contribution >= 0.6 is 0 Å². The van der Waals surface area contributed by atoms with Gasteiger partial charge >= 0.3 is 0 Å². The highest BCUT2D eigenvalue weighted by atomic mass is 28.3. The summed E-state index contributed by atoms with van der Waals surface area (Å²) in [6.45, 7) is 20.5. The average Bonchev–Trinajstić information content (AvgIpc) is 2.57. The Morgan fingerprint density at radius 2 is 1.26 bits per heavy atom. The Kier molecular flexibility index (Phi) is 6.88. The molecule has 0 nitrogen and oxygen atoms in total. The maximum atomic E-state index is 4.02. The van der Waals surface area contributed by atoms with Crippen molar-refractivity contribution in [3.05, 3.63) is 36.5 Å². The number of rotatable bonds is 6. The molecule has 0 aliphatic carbocycles. The van der Waals surface area contributed by atoms with E-state index in [1.54, 1.807) is 0 Å². The summed E-state index contributed by atoms with van der Waals surface area (Å²) in [5, 5.41) is 2.93. The van der Waals surface area contributed by atoms with E-state index in [-0.39, 0.29) is 0 Å². The van der Waals surface area contributed by atoms with E-state index in [1.165, 1.54) is 28.5 Å². The van der Waals surface area contributed by atoms with Crippen molar-refractivity contribution < 1.29 is 0 Å². The fourth-order valence-corrected chi connectivity index (χ4v) is 9.56. The highest BCUT2D eigenvalue weighted by Gasteiger charge is 2.27. The minimum absolute atomic E-state index is 1.29. The third-order valence-electron chi connectivity index (χ3n) is 5.53. The van der Waals surface area contributed by atoms with Crippen LogP contribution in [0.4, 0.5) is 0 Å². The molecule has 0 aliphatic rings. The van der Waals surface area contributed by atoms with E-state index in [1.807, 2.05) is 0 Å². The standard InChI is InChI=1S/C20H34Si3/c1-9-21(5,6)19-13-15-20(16-14-19)22(7,8)17-18-23(10-2,11-3)12-4/h9,13-16H,1,10-12H2,2-8H3. The summed E-state index contributed by atoms with van der Waals surface area (Å²) < 4.78 is 0. The lowest BCUT2D eigenvalue weighted by Gasteiger charge is -2.23. The molecule has 0 fully saturated rings. The first-order chi connectivity index (χ1) is 10.7. The molecule has 0 spiro atoms. The third kappa shape index (κ3) is 4.82. The van der Waals surface area contributed by atoms with E-state index in [0.717, 1.165) is 0 Å². The van der Waals surface area contributed by atoms with Crippen molar-refractivity contribution in [1.29, 1.82) is 0 Å². The maximum absolute atomic E-state index is 4.02. The second kappa shape index (κ2) is 7.83. The molecular weight excluding hydrogens is 324 g/mol. The Morgan fingerprint density at radius 1 is 0.826 bits per heavy atom. The smallest absolute Gasteiger partial charge is 0.138 e. The van der Waals surface area contributed by atoms with Gasteiger partial charge in [0, 0.05) is 0 Å². The second-order valence-electron chi connectivity index (χ2n) is 7.72. The maximum Gasteiger partial charge on any atom is 0.161 e. The Hall–Kier alpha value is -0.829. The van der Waals surface area contributed by atoms with Gasteiger partial charge < -0.3 is 0 Å². The molecule has 0 aromatic heterocycles. The van der Waals surface area contributed by atoms with Crippen molar-refractivity contribution in [3.8, 4) is 11.1 Å².